The standard InChI is InChI=1S/C52H73N13O11/c1-30(66)61-38(18-10-24-59-52(56)57)47(72)62-39-17-7-5-14-35(67)19-20-41(50(75)76)64-46(71)33(26-34-29-60-37-16-8-6-15-36(34)37)28-43(68)32(13-9-23-58-51(54)55)27-44(69)42(25-31-11-3-2-4-12-31)65-49(74)40(63-48(39)73)21-22-45(53)70/h2-4,6,8,11-12,15-16,29,32-33,38-42,60H,5,7,9-10,13-14,17-28H2,1H3,(H2,53,70)(H,61,66)(H,62,72)(H,63,73)(H,64,71)(H,65,74)(H,75,76)(H4,54,55,58)(H4,56,57,59)/t32-,33-,38+,39+,40+,41+,42-/m1/s1. The number of carbonyl (C=O) groups excluding carboxylic acids is 9. The van der Waals surface area contributed by atoms with Crippen molar-refractivity contribution in [1.82, 2.24) is 31.6 Å². The van der Waals surface area contributed by atoms with Gasteiger partial charge in [-0.1, -0.05) is 55.0 Å². The number of carbonyl (C=O) groups is 10. The van der Waals surface area contributed by atoms with E-state index < -0.39 is 114 Å². The molecule has 4 rings (SSSR count). The SMILES string of the molecule is CC(=O)N[C@@H](CCCN=C(N)N)C(=O)N[C@H]1CCCCC(=O)CC[C@@H](C(=O)O)NC(=O)[C@H](Cc2c[nH]c3ccccc23)CC(=O)[C@H](CCCN=C(N)N)CC(=O)[C@@H](Cc2ccccc2)NC(=O)[C@H](CCC(N)=O)NC1=O. The summed E-state index contributed by atoms with van der Waals surface area (Å²) in [4.78, 5) is 148. The first-order chi connectivity index (χ1) is 36.2. The molecule has 7 atom stereocenters. The number of H-pyrrole nitrogens is 1. The number of para-hydroxylation sites is 1. The highest BCUT2D eigenvalue weighted by molar-refractivity contribution is 5.98. The van der Waals surface area contributed by atoms with Crippen molar-refractivity contribution in [3.05, 3.63) is 71.9 Å². The summed E-state index contributed by atoms with van der Waals surface area (Å²) in [5.41, 5.74) is 29.6. The summed E-state index contributed by atoms with van der Waals surface area (Å²) in [5, 5.41) is 24.2. The van der Waals surface area contributed by atoms with Crippen molar-refractivity contribution in [3.63, 3.8) is 0 Å². The van der Waals surface area contributed by atoms with Gasteiger partial charge in [-0.15, -0.1) is 0 Å². The Morgan fingerprint density at radius 3 is 2.04 bits per heavy atom. The van der Waals surface area contributed by atoms with Gasteiger partial charge in [-0.3, -0.25) is 53.1 Å². The largest absolute Gasteiger partial charge is 0.480 e. The molecular weight excluding hydrogens is 983 g/mol. The summed E-state index contributed by atoms with van der Waals surface area (Å²) in [6, 6.07) is 9.03. The molecule has 1 aliphatic heterocycles. The molecule has 0 bridgehead atoms. The fourth-order valence-corrected chi connectivity index (χ4v) is 8.94. The monoisotopic (exact) mass is 1060 g/mol. The minimum absolute atomic E-state index is 0.0125. The third-order valence-corrected chi connectivity index (χ3v) is 13.0. The highest BCUT2D eigenvalue weighted by Gasteiger charge is 2.35. The fraction of sp³-hybridized carbons (Fsp3) is 0.500. The average Bonchev–Trinajstić information content (AvgIpc) is 3.78. The molecule has 1 aromatic heterocycles. The zero-order valence-corrected chi connectivity index (χ0v) is 42.9. The Morgan fingerprint density at radius 2 is 1.37 bits per heavy atom. The van der Waals surface area contributed by atoms with E-state index in [1.807, 2.05) is 24.3 Å². The van der Waals surface area contributed by atoms with E-state index in [-0.39, 0.29) is 114 Å². The number of ketones is 3. The number of fused-ring (bicyclic) bond motifs is 1. The number of rotatable bonds is 19. The third kappa shape index (κ3) is 21.0. The van der Waals surface area contributed by atoms with E-state index in [1.54, 1.807) is 36.5 Å². The van der Waals surface area contributed by atoms with E-state index >= 15 is 0 Å². The molecule has 24 heteroatoms. The number of guanidine groups is 2. The maximum absolute atomic E-state index is 14.7. The van der Waals surface area contributed by atoms with Crippen LogP contribution in [0.5, 0.6) is 0 Å². The molecule has 0 aliphatic carbocycles. The van der Waals surface area contributed by atoms with E-state index in [9.17, 15) is 53.1 Å². The Hall–Kier alpha value is -8.18. The molecule has 2 aromatic carbocycles. The number of Topliss-reactive ketones (excluding diaryl/α,β-unsaturated/α-hetero) is 3. The van der Waals surface area contributed by atoms with Gasteiger partial charge in [0, 0.05) is 81.1 Å². The van der Waals surface area contributed by atoms with Gasteiger partial charge in [0.05, 0.1) is 6.04 Å². The summed E-state index contributed by atoms with van der Waals surface area (Å²) in [7, 11) is 0. The second-order valence-corrected chi connectivity index (χ2v) is 19.0. The van der Waals surface area contributed by atoms with Gasteiger partial charge in [0.15, 0.2) is 17.7 Å². The number of carboxylic acids is 1. The van der Waals surface area contributed by atoms with Crippen LogP contribution in [-0.4, -0.2) is 124 Å². The second-order valence-electron chi connectivity index (χ2n) is 19.0. The number of nitrogens with two attached hydrogens (primary N) is 5. The normalized spacial score (nSPS) is 21.2. The van der Waals surface area contributed by atoms with Crippen LogP contribution >= 0.6 is 0 Å². The molecule has 17 N–H and O–H groups in total. The first-order valence-electron chi connectivity index (χ1n) is 25.5. The third-order valence-electron chi connectivity index (χ3n) is 13.0. The summed E-state index contributed by atoms with van der Waals surface area (Å²) in [6.07, 6.45) is 0.130. The van der Waals surface area contributed by atoms with Gasteiger partial charge in [-0.2, -0.15) is 0 Å². The minimum atomic E-state index is -1.53. The first-order valence-corrected chi connectivity index (χ1v) is 25.5. The topological polar surface area (TPSA) is 422 Å². The number of hydrogen-bond donors (Lipinski definition) is 12. The molecular formula is C52H73N13O11. The van der Waals surface area contributed by atoms with Crippen LogP contribution < -0.4 is 55.3 Å². The quantitative estimate of drug-likeness (QED) is 0.0425. The van der Waals surface area contributed by atoms with Crippen molar-refractivity contribution in [2.24, 2.45) is 50.5 Å². The average molecular weight is 1060 g/mol. The van der Waals surface area contributed by atoms with E-state index in [1.165, 1.54) is 6.92 Å². The molecule has 0 unspecified atom stereocenters. The maximum Gasteiger partial charge on any atom is 0.326 e. The molecule has 0 radical (unpaired) electrons. The van der Waals surface area contributed by atoms with Crippen molar-refractivity contribution in [2.75, 3.05) is 13.1 Å². The number of primary amides is 1. The molecule has 412 valence electrons. The molecule has 24 nitrogen and oxygen atoms in total. The molecule has 0 saturated carbocycles. The molecule has 1 fully saturated rings. The Bertz CT molecular complexity index is 2580. The molecule has 76 heavy (non-hydrogen) atoms. The van der Waals surface area contributed by atoms with Gasteiger partial charge in [0.1, 0.15) is 35.7 Å². The molecule has 1 aliphatic rings. The van der Waals surface area contributed by atoms with E-state index in [0.717, 1.165) is 10.9 Å². The highest BCUT2D eigenvalue weighted by Crippen LogP contribution is 2.26. The van der Waals surface area contributed by atoms with Crippen LogP contribution in [0.4, 0.5) is 0 Å². The van der Waals surface area contributed by atoms with Gasteiger partial charge in [-0.25, -0.2) is 4.79 Å². The van der Waals surface area contributed by atoms with E-state index in [2.05, 4.69) is 41.6 Å². The predicted octanol–water partition coefficient (Wildman–Crippen LogP) is -0.0716. The highest BCUT2D eigenvalue weighted by atomic mass is 16.4. The van der Waals surface area contributed by atoms with Crippen LogP contribution in [0.1, 0.15) is 108 Å². The van der Waals surface area contributed by atoms with Crippen LogP contribution in [0.25, 0.3) is 10.9 Å². The van der Waals surface area contributed by atoms with Crippen molar-refractivity contribution >= 4 is 81.6 Å². The van der Waals surface area contributed by atoms with Crippen LogP contribution in [0.3, 0.4) is 0 Å². The molecule has 6 amide bonds. The van der Waals surface area contributed by atoms with Crippen molar-refractivity contribution in [2.45, 2.75) is 140 Å². The zero-order valence-electron chi connectivity index (χ0n) is 42.9. The van der Waals surface area contributed by atoms with E-state index in [4.69, 9.17) is 28.7 Å². The van der Waals surface area contributed by atoms with Crippen LogP contribution in [0.2, 0.25) is 0 Å². The lowest BCUT2D eigenvalue weighted by Gasteiger charge is -2.27. The zero-order chi connectivity index (χ0) is 55.7. The maximum atomic E-state index is 14.7. The molecule has 3 aromatic rings. The van der Waals surface area contributed by atoms with Gasteiger partial charge in [0.2, 0.25) is 35.4 Å². The Morgan fingerprint density at radius 1 is 0.711 bits per heavy atom. The molecule has 1 saturated heterocycles. The van der Waals surface area contributed by atoms with Crippen LogP contribution in [0.15, 0.2) is 70.8 Å². The second kappa shape index (κ2) is 30.9. The number of hydrogen-bond acceptors (Lipinski definition) is 12. The van der Waals surface area contributed by atoms with Gasteiger partial charge in [0.25, 0.3) is 0 Å². The Kier molecular flexibility index (Phi) is 24.5. The number of carboxylic acid groups (broad SMARTS) is 1. The van der Waals surface area contributed by atoms with Crippen molar-refractivity contribution < 1.29 is 53.1 Å². The lowest BCUT2D eigenvalue weighted by Crippen LogP contribution is -2.58. The molecule has 0 spiro atoms. The van der Waals surface area contributed by atoms with Gasteiger partial charge in [-0.05, 0) is 81.4 Å². The number of aliphatic imine (C=N–C) groups is 2. The summed E-state index contributed by atoms with van der Waals surface area (Å²) in [6.45, 7) is 1.40. The summed E-state index contributed by atoms with van der Waals surface area (Å²) < 4.78 is 0. The van der Waals surface area contributed by atoms with Crippen molar-refractivity contribution in [3.8, 4) is 0 Å². The van der Waals surface area contributed by atoms with Gasteiger partial charge >= 0.3 is 5.97 Å². The number of benzene rings is 2. The number of nitrogens with zero attached hydrogens (tertiary/aromatic N) is 2. The number of nitrogens with one attached hydrogen (secondary N) is 6. The van der Waals surface area contributed by atoms with Crippen LogP contribution in [-0.2, 0) is 60.8 Å². The number of amides is 6. The number of aliphatic carboxylic acids is 1. The lowest BCUT2D eigenvalue weighted by molar-refractivity contribution is -0.143. The first kappa shape index (κ1) is 60.4. The smallest absolute Gasteiger partial charge is 0.326 e. The van der Waals surface area contributed by atoms with E-state index in [0.29, 0.717) is 11.1 Å². The van der Waals surface area contributed by atoms with Crippen LogP contribution in [0, 0.1) is 11.8 Å². The number of aromatic amines is 1. The predicted molar refractivity (Wildman–Crippen MR) is 282 cm³/mol. The Labute approximate surface area is 440 Å². The van der Waals surface area contributed by atoms with Crippen molar-refractivity contribution in [1.29, 1.82) is 0 Å². The molecule has 2 heterocycles. The number of aromatic nitrogens is 1. The fourth-order valence-electron chi connectivity index (χ4n) is 8.94. The summed E-state index contributed by atoms with van der Waals surface area (Å²) in [5.74, 6) is -10.2. The minimum Gasteiger partial charge on any atom is -0.480 e. The Balaban J connectivity index is 1.78. The summed E-state index contributed by atoms with van der Waals surface area (Å²) >= 11 is 0. The van der Waals surface area contributed by atoms with Gasteiger partial charge < -0.3 is 65.3 Å². The lowest BCUT2D eigenvalue weighted by atomic mass is 9.83.